The quantitative estimate of drug-likeness (QED) is 0.497. The number of thioether (sulfide) groups is 1. The van der Waals surface area contributed by atoms with Gasteiger partial charge in [0.25, 0.3) is 0 Å². The van der Waals surface area contributed by atoms with Crippen molar-refractivity contribution in [2.45, 2.75) is 23.4 Å². The van der Waals surface area contributed by atoms with Gasteiger partial charge in [-0.05, 0) is 29.8 Å². The number of pyridine rings is 1. The maximum absolute atomic E-state index is 12.0. The number of fused-ring (bicyclic) bond motifs is 1. The van der Waals surface area contributed by atoms with E-state index in [0.717, 1.165) is 22.9 Å². The fraction of sp³-hybridized carbons (Fsp3) is 0.143. The molecule has 5 rings (SSSR count). The number of hydrogen-bond donors (Lipinski definition) is 1. The lowest BCUT2D eigenvalue weighted by Crippen LogP contribution is -2.08. The van der Waals surface area contributed by atoms with Gasteiger partial charge in [0, 0.05) is 29.1 Å². The van der Waals surface area contributed by atoms with Crippen molar-refractivity contribution >= 4 is 22.7 Å². The molecule has 1 atom stereocenters. The van der Waals surface area contributed by atoms with Crippen LogP contribution in [0.15, 0.2) is 75.4 Å². The summed E-state index contributed by atoms with van der Waals surface area (Å²) in [7, 11) is 0. The molecule has 0 fully saturated rings. The Kier molecular flexibility index (Phi) is 4.61. The number of para-hydroxylation sites is 1. The molecule has 0 bridgehead atoms. The lowest BCUT2D eigenvalue weighted by Gasteiger charge is -2.12. The first kappa shape index (κ1) is 17.7. The molecular formula is C21H16N4O3S. The molecule has 0 saturated heterocycles. The third-order valence-corrected chi connectivity index (χ3v) is 5.52. The average Bonchev–Trinajstić information content (AvgIpc) is 3.46. The molecule has 1 N–H and O–H groups in total. The van der Waals surface area contributed by atoms with E-state index < -0.39 is 0 Å². The molecule has 1 aliphatic rings. The number of furan rings is 1. The minimum atomic E-state index is -0.217. The number of aromatic amines is 1. The highest BCUT2D eigenvalue weighted by molar-refractivity contribution is 7.98. The maximum atomic E-state index is 12.0. The van der Waals surface area contributed by atoms with Crippen molar-refractivity contribution in [2.75, 3.05) is 0 Å². The zero-order valence-electron chi connectivity index (χ0n) is 15.2. The molecule has 0 radical (unpaired) electrons. The number of aromatic nitrogens is 4. The zero-order valence-corrected chi connectivity index (χ0v) is 16.1. The average molecular weight is 404 g/mol. The largest absolute Gasteiger partial charge is 0.492 e. The van der Waals surface area contributed by atoms with Crippen LogP contribution in [0.5, 0.6) is 0 Å². The van der Waals surface area contributed by atoms with Crippen LogP contribution in [0.2, 0.25) is 0 Å². The number of nitrogens with one attached hydrogen (secondary N) is 1. The van der Waals surface area contributed by atoms with Crippen LogP contribution in [-0.2, 0) is 10.5 Å². The van der Waals surface area contributed by atoms with Crippen LogP contribution in [-0.4, -0.2) is 20.2 Å². The van der Waals surface area contributed by atoms with Gasteiger partial charge in [-0.25, -0.2) is 4.98 Å². The van der Waals surface area contributed by atoms with Crippen LogP contribution in [0.25, 0.3) is 22.4 Å². The summed E-state index contributed by atoms with van der Waals surface area (Å²) in [6.07, 6.45) is 5.71. The van der Waals surface area contributed by atoms with E-state index in [1.807, 2.05) is 42.5 Å². The number of benzene rings is 1. The van der Waals surface area contributed by atoms with E-state index in [1.54, 1.807) is 18.6 Å². The fourth-order valence-electron chi connectivity index (χ4n) is 3.29. The smallest absolute Gasteiger partial charge is 0.248 e. The number of H-pyrrole nitrogens is 1. The predicted molar refractivity (Wildman–Crippen MR) is 109 cm³/mol. The Balaban J connectivity index is 1.47. The molecule has 0 saturated carbocycles. The summed E-state index contributed by atoms with van der Waals surface area (Å²) in [6, 6.07) is 13.0. The highest BCUT2D eigenvalue weighted by Crippen LogP contribution is 2.33. The Hall–Kier alpha value is -3.39. The molecule has 4 aromatic rings. The minimum absolute atomic E-state index is 0.129. The van der Waals surface area contributed by atoms with Crippen LogP contribution in [0, 0.1) is 0 Å². The van der Waals surface area contributed by atoms with Crippen molar-refractivity contribution in [3.63, 3.8) is 0 Å². The molecule has 8 heteroatoms. The molecule has 1 aromatic carbocycles. The van der Waals surface area contributed by atoms with Crippen molar-refractivity contribution < 1.29 is 9.15 Å². The van der Waals surface area contributed by atoms with Gasteiger partial charge in [0.05, 0.1) is 12.5 Å². The van der Waals surface area contributed by atoms with E-state index in [0.29, 0.717) is 28.1 Å². The molecule has 7 nitrogen and oxygen atoms in total. The van der Waals surface area contributed by atoms with Gasteiger partial charge in [0.1, 0.15) is 17.5 Å². The second kappa shape index (κ2) is 7.56. The van der Waals surface area contributed by atoms with Crippen LogP contribution in [0.4, 0.5) is 0 Å². The monoisotopic (exact) mass is 404 g/mol. The SMILES string of the molecule is O=c1cc(CSc2nnc(C3CC=CO3)c(-c3ccco3)n2)c2ccccc2[nH]1. The topological polar surface area (TPSA) is 93.9 Å². The summed E-state index contributed by atoms with van der Waals surface area (Å²) in [5, 5.41) is 10.2. The molecule has 0 amide bonds. The number of nitrogens with zero attached hydrogens (tertiary/aromatic N) is 3. The second-order valence-corrected chi connectivity index (χ2v) is 7.47. The molecular weight excluding hydrogens is 388 g/mol. The van der Waals surface area contributed by atoms with Gasteiger partial charge in [-0.1, -0.05) is 30.0 Å². The molecule has 3 aromatic heterocycles. The van der Waals surface area contributed by atoms with E-state index >= 15 is 0 Å². The summed E-state index contributed by atoms with van der Waals surface area (Å²) in [6.45, 7) is 0. The predicted octanol–water partition coefficient (Wildman–Crippen LogP) is 4.24. The lowest BCUT2D eigenvalue weighted by atomic mass is 10.1. The van der Waals surface area contributed by atoms with Crippen LogP contribution >= 0.6 is 11.8 Å². The molecule has 1 unspecified atom stereocenters. The van der Waals surface area contributed by atoms with Crippen LogP contribution in [0.3, 0.4) is 0 Å². The summed E-state index contributed by atoms with van der Waals surface area (Å²) in [5.41, 5.74) is 2.88. The Bertz CT molecular complexity index is 1240. The highest BCUT2D eigenvalue weighted by atomic mass is 32.2. The Labute approximate surface area is 169 Å². The van der Waals surface area contributed by atoms with Crippen molar-refractivity contribution in [1.29, 1.82) is 0 Å². The first-order valence-electron chi connectivity index (χ1n) is 9.10. The van der Waals surface area contributed by atoms with Gasteiger partial charge in [-0.2, -0.15) is 0 Å². The number of ether oxygens (including phenoxy) is 1. The minimum Gasteiger partial charge on any atom is -0.492 e. The third-order valence-electron chi connectivity index (χ3n) is 4.64. The van der Waals surface area contributed by atoms with Gasteiger partial charge < -0.3 is 14.1 Å². The first-order chi connectivity index (χ1) is 14.3. The highest BCUT2D eigenvalue weighted by Gasteiger charge is 2.24. The van der Waals surface area contributed by atoms with Gasteiger partial charge in [-0.3, -0.25) is 4.79 Å². The Morgan fingerprint density at radius 1 is 1.17 bits per heavy atom. The van der Waals surface area contributed by atoms with E-state index in [1.165, 1.54) is 11.8 Å². The van der Waals surface area contributed by atoms with Gasteiger partial charge >= 0.3 is 0 Å². The fourth-order valence-corrected chi connectivity index (χ4v) is 4.07. The summed E-state index contributed by atoms with van der Waals surface area (Å²) in [5.74, 6) is 1.17. The van der Waals surface area contributed by atoms with E-state index in [4.69, 9.17) is 9.15 Å². The second-order valence-electron chi connectivity index (χ2n) is 6.53. The van der Waals surface area contributed by atoms with Gasteiger partial charge in [0.15, 0.2) is 5.76 Å². The maximum Gasteiger partial charge on any atom is 0.248 e. The van der Waals surface area contributed by atoms with Crippen molar-refractivity contribution in [1.82, 2.24) is 20.2 Å². The Morgan fingerprint density at radius 2 is 2.10 bits per heavy atom. The molecule has 1 aliphatic heterocycles. The van der Waals surface area contributed by atoms with Crippen molar-refractivity contribution in [2.24, 2.45) is 0 Å². The van der Waals surface area contributed by atoms with Crippen LogP contribution in [0.1, 0.15) is 23.8 Å². The molecule has 0 aliphatic carbocycles. The number of hydrogen-bond acceptors (Lipinski definition) is 7. The van der Waals surface area contributed by atoms with Gasteiger partial charge in [0.2, 0.25) is 10.7 Å². The van der Waals surface area contributed by atoms with E-state index in [2.05, 4.69) is 20.2 Å². The molecule has 0 spiro atoms. The zero-order chi connectivity index (χ0) is 19.6. The summed E-state index contributed by atoms with van der Waals surface area (Å²) in [4.78, 5) is 19.5. The van der Waals surface area contributed by atoms with Crippen molar-refractivity contribution in [3.8, 4) is 11.5 Å². The molecule has 29 heavy (non-hydrogen) atoms. The third kappa shape index (κ3) is 3.54. The Morgan fingerprint density at radius 3 is 2.93 bits per heavy atom. The summed E-state index contributed by atoms with van der Waals surface area (Å²) >= 11 is 1.42. The van der Waals surface area contributed by atoms with E-state index in [9.17, 15) is 4.79 Å². The molecule has 4 heterocycles. The van der Waals surface area contributed by atoms with Crippen molar-refractivity contribution in [3.05, 3.63) is 82.7 Å². The van der Waals surface area contributed by atoms with Gasteiger partial charge in [-0.15, -0.1) is 10.2 Å². The normalized spacial score (nSPS) is 15.7. The molecule has 144 valence electrons. The standard InChI is InChI=1S/C21H16N4O3S/c26-18-11-13(14-5-1-2-6-15(14)22-18)12-29-21-23-19(16-7-3-9-27-16)20(24-25-21)17-8-4-10-28-17/h1-7,9-11,17H,8,12H2,(H,22,26). The summed E-state index contributed by atoms with van der Waals surface area (Å²) < 4.78 is 11.1. The van der Waals surface area contributed by atoms with E-state index in [-0.39, 0.29) is 11.7 Å². The number of rotatable bonds is 5. The first-order valence-corrected chi connectivity index (χ1v) is 10.1. The van der Waals surface area contributed by atoms with Crippen LogP contribution < -0.4 is 5.56 Å². The lowest BCUT2D eigenvalue weighted by molar-refractivity contribution is 0.167.